The summed E-state index contributed by atoms with van der Waals surface area (Å²) in [5.41, 5.74) is 3.70. The number of aromatic nitrogens is 3. The van der Waals surface area contributed by atoms with Crippen LogP contribution in [0.1, 0.15) is 34.8 Å². The van der Waals surface area contributed by atoms with Gasteiger partial charge in [-0.25, -0.2) is 24.1 Å². The van der Waals surface area contributed by atoms with Crippen molar-refractivity contribution < 1.29 is 27.5 Å². The van der Waals surface area contributed by atoms with Gasteiger partial charge in [-0.15, -0.1) is 5.10 Å². The van der Waals surface area contributed by atoms with E-state index in [-0.39, 0.29) is 6.42 Å². The number of ether oxygens (including phenoxy) is 1. The summed E-state index contributed by atoms with van der Waals surface area (Å²) >= 11 is 0. The van der Waals surface area contributed by atoms with E-state index in [9.17, 15) is 22.8 Å². The van der Waals surface area contributed by atoms with Gasteiger partial charge in [0.2, 0.25) is 5.90 Å². The van der Waals surface area contributed by atoms with Crippen molar-refractivity contribution in [1.29, 1.82) is 0 Å². The number of carbonyl (C=O) groups excluding carboxylic acids is 2. The molecule has 0 spiro atoms. The zero-order valence-electron chi connectivity index (χ0n) is 20.3. The average Bonchev–Trinajstić information content (AvgIpc) is 3.53. The van der Waals surface area contributed by atoms with Gasteiger partial charge in [0, 0.05) is 17.4 Å². The number of hydrazone groups is 1. The van der Waals surface area contributed by atoms with Crippen molar-refractivity contribution >= 4 is 29.2 Å². The number of fused-ring (bicyclic) bond motifs is 1. The molecule has 0 saturated carbocycles. The Morgan fingerprint density at radius 2 is 1.87 bits per heavy atom. The molecule has 196 valence electrons. The molecule has 0 aliphatic carbocycles. The largest absolute Gasteiger partial charge is 0.491 e. The van der Waals surface area contributed by atoms with Crippen molar-refractivity contribution in [2.24, 2.45) is 5.10 Å². The van der Waals surface area contributed by atoms with Crippen LogP contribution in [0.3, 0.4) is 0 Å². The Hall–Kier alpha value is -5.18. The molecule has 0 unspecified atom stereocenters. The highest BCUT2D eigenvalue weighted by Gasteiger charge is 2.44. The highest BCUT2D eigenvalue weighted by molar-refractivity contribution is 5.96. The van der Waals surface area contributed by atoms with Crippen molar-refractivity contribution in [2.45, 2.75) is 25.6 Å². The smallest absolute Gasteiger partial charge is 0.403 e. The van der Waals surface area contributed by atoms with Gasteiger partial charge in [-0.3, -0.25) is 0 Å². The second-order valence-corrected chi connectivity index (χ2v) is 8.50. The monoisotopic (exact) mass is 532 g/mol. The number of benzene rings is 2. The van der Waals surface area contributed by atoms with E-state index >= 15 is 0 Å². The van der Waals surface area contributed by atoms with Gasteiger partial charge in [-0.05, 0) is 48.2 Å². The SMILES string of the molecule is Cc1ccc(NC(=O)N2N=C(OC(=O)C(F)(F)F)C[C@@H]2c2ccccc2)cc1C#Cc1cnc2cccnn12. The lowest BCUT2D eigenvalue weighted by Gasteiger charge is -2.22. The van der Waals surface area contributed by atoms with Crippen LogP contribution in [0.25, 0.3) is 5.65 Å². The quantitative estimate of drug-likeness (QED) is 0.294. The van der Waals surface area contributed by atoms with E-state index in [2.05, 4.69) is 37.1 Å². The number of halogens is 3. The Kier molecular flexibility index (Phi) is 6.72. The third-order valence-electron chi connectivity index (χ3n) is 5.81. The third kappa shape index (κ3) is 5.57. The number of anilines is 1. The number of hydrogen-bond donors (Lipinski definition) is 1. The Morgan fingerprint density at radius 3 is 2.64 bits per heavy atom. The number of imidazole rings is 1. The molecule has 0 bridgehead atoms. The van der Waals surface area contributed by atoms with Crippen molar-refractivity contribution in [3.8, 4) is 11.8 Å². The highest BCUT2D eigenvalue weighted by atomic mass is 19.4. The zero-order valence-corrected chi connectivity index (χ0v) is 20.3. The topological polar surface area (TPSA) is 101 Å². The van der Waals surface area contributed by atoms with E-state index in [4.69, 9.17) is 0 Å². The molecule has 2 aromatic carbocycles. The summed E-state index contributed by atoms with van der Waals surface area (Å²) < 4.78 is 44.2. The predicted octanol–water partition coefficient (Wildman–Crippen LogP) is 4.84. The van der Waals surface area contributed by atoms with Crippen molar-refractivity contribution in [1.82, 2.24) is 19.6 Å². The van der Waals surface area contributed by atoms with Gasteiger partial charge in [-0.1, -0.05) is 42.3 Å². The number of amides is 2. The minimum atomic E-state index is -5.20. The standard InChI is InChI=1S/C27H19F3N6O3/c1-17-9-11-20(14-19(17)10-12-21-16-31-23-8-5-13-32-35(21)23)33-26(38)36-22(18-6-3-2-4-7-18)15-24(34-36)39-25(37)27(28,29)30/h2-9,11,13-14,16,22H,15H2,1H3,(H,33,38)/t22-/m1/s1. The van der Waals surface area contributed by atoms with Crippen LogP contribution in [0.4, 0.5) is 23.7 Å². The summed E-state index contributed by atoms with van der Waals surface area (Å²) in [5.74, 6) is 3.17. The number of esters is 1. The second kappa shape index (κ2) is 10.3. The number of aryl methyl sites for hydroxylation is 1. The summed E-state index contributed by atoms with van der Waals surface area (Å²) in [6.45, 7) is 1.86. The Balaban J connectivity index is 1.39. The van der Waals surface area contributed by atoms with Gasteiger partial charge in [-0.2, -0.15) is 18.3 Å². The minimum absolute atomic E-state index is 0.211. The molecule has 39 heavy (non-hydrogen) atoms. The van der Waals surface area contributed by atoms with Gasteiger partial charge in [0.1, 0.15) is 5.69 Å². The second-order valence-electron chi connectivity index (χ2n) is 8.50. The summed E-state index contributed by atoms with van der Waals surface area (Å²) in [6.07, 6.45) is -2.18. The van der Waals surface area contributed by atoms with Gasteiger partial charge in [0.15, 0.2) is 5.65 Å². The molecule has 1 N–H and O–H groups in total. The number of alkyl halides is 3. The summed E-state index contributed by atoms with van der Waals surface area (Å²) in [4.78, 5) is 28.8. The first-order chi connectivity index (χ1) is 18.7. The molecular weight excluding hydrogens is 513 g/mol. The maximum atomic E-state index is 13.2. The molecule has 1 aliphatic heterocycles. The lowest BCUT2D eigenvalue weighted by atomic mass is 10.0. The van der Waals surface area contributed by atoms with E-state index in [0.717, 1.165) is 10.6 Å². The average molecular weight is 532 g/mol. The maximum Gasteiger partial charge on any atom is 0.491 e. The number of hydrogen-bond acceptors (Lipinski definition) is 6. The number of nitrogens with one attached hydrogen (secondary N) is 1. The molecule has 9 nitrogen and oxygen atoms in total. The van der Waals surface area contributed by atoms with E-state index in [0.29, 0.717) is 28.2 Å². The van der Waals surface area contributed by atoms with Crippen LogP contribution >= 0.6 is 0 Å². The van der Waals surface area contributed by atoms with Gasteiger partial charge >= 0.3 is 18.2 Å². The van der Waals surface area contributed by atoms with E-state index in [1.165, 1.54) is 0 Å². The summed E-state index contributed by atoms with van der Waals surface area (Å²) in [7, 11) is 0. The normalized spacial score (nSPS) is 14.9. The first-order valence-corrected chi connectivity index (χ1v) is 11.6. The summed E-state index contributed by atoms with van der Waals surface area (Å²) in [6, 6.07) is 15.7. The predicted molar refractivity (Wildman–Crippen MR) is 134 cm³/mol. The maximum absolute atomic E-state index is 13.2. The minimum Gasteiger partial charge on any atom is -0.403 e. The van der Waals surface area contributed by atoms with Crippen LogP contribution in [0, 0.1) is 18.8 Å². The molecule has 0 fully saturated rings. The fourth-order valence-corrected chi connectivity index (χ4v) is 3.89. The molecule has 1 atom stereocenters. The lowest BCUT2D eigenvalue weighted by molar-refractivity contribution is -0.191. The number of nitrogens with zero attached hydrogens (tertiary/aromatic N) is 5. The molecule has 0 radical (unpaired) electrons. The lowest BCUT2D eigenvalue weighted by Crippen LogP contribution is -2.31. The Bertz CT molecular complexity index is 1650. The van der Waals surface area contributed by atoms with Crippen molar-refractivity contribution in [2.75, 3.05) is 5.32 Å². The molecular formula is C27H19F3N6O3. The van der Waals surface area contributed by atoms with Gasteiger partial charge in [0.05, 0.1) is 18.7 Å². The molecule has 12 heteroatoms. The van der Waals surface area contributed by atoms with Crippen LogP contribution in [-0.4, -0.2) is 43.7 Å². The van der Waals surface area contributed by atoms with E-state index in [1.54, 1.807) is 77.6 Å². The van der Waals surface area contributed by atoms with Crippen molar-refractivity contribution in [3.63, 3.8) is 0 Å². The fraction of sp³-hybridized carbons (Fsp3) is 0.148. The van der Waals surface area contributed by atoms with Gasteiger partial charge < -0.3 is 10.1 Å². The highest BCUT2D eigenvalue weighted by Crippen LogP contribution is 2.32. The molecule has 4 aromatic rings. The number of carbonyl (C=O) groups is 2. The molecule has 3 heterocycles. The zero-order chi connectivity index (χ0) is 27.6. The molecule has 2 aromatic heterocycles. The van der Waals surface area contributed by atoms with E-state index < -0.39 is 30.1 Å². The molecule has 5 rings (SSSR count). The van der Waals surface area contributed by atoms with Crippen LogP contribution in [-0.2, 0) is 9.53 Å². The van der Waals surface area contributed by atoms with Crippen LogP contribution < -0.4 is 5.32 Å². The Morgan fingerprint density at radius 1 is 1.08 bits per heavy atom. The van der Waals surface area contributed by atoms with E-state index in [1.807, 2.05) is 6.92 Å². The Labute approximate surface area is 219 Å². The summed E-state index contributed by atoms with van der Waals surface area (Å²) in [5, 5.41) is 11.8. The van der Waals surface area contributed by atoms with Crippen LogP contribution in [0.2, 0.25) is 0 Å². The fourth-order valence-electron chi connectivity index (χ4n) is 3.89. The molecule has 2 amide bonds. The first kappa shape index (κ1) is 25.5. The molecule has 1 aliphatic rings. The third-order valence-corrected chi connectivity index (χ3v) is 5.81. The van der Waals surface area contributed by atoms with Crippen molar-refractivity contribution in [3.05, 3.63) is 95.4 Å². The van der Waals surface area contributed by atoms with Crippen LogP contribution in [0.5, 0.6) is 0 Å². The van der Waals surface area contributed by atoms with Gasteiger partial charge in [0.25, 0.3) is 0 Å². The number of urea groups is 1. The number of rotatable bonds is 2. The molecule has 0 saturated heterocycles. The van der Waals surface area contributed by atoms with Crippen LogP contribution in [0.15, 0.2) is 78.2 Å². The first-order valence-electron chi connectivity index (χ1n) is 11.6.